The summed E-state index contributed by atoms with van der Waals surface area (Å²) < 4.78 is 46.2. The van der Waals surface area contributed by atoms with Gasteiger partial charge in [-0.2, -0.15) is 13.2 Å². The van der Waals surface area contributed by atoms with E-state index in [4.69, 9.17) is 16.6 Å². The van der Waals surface area contributed by atoms with Gasteiger partial charge in [0.1, 0.15) is 0 Å². The number of carbonyl (C=O) groups is 1. The minimum absolute atomic E-state index is 0.118. The van der Waals surface area contributed by atoms with E-state index in [2.05, 4.69) is 5.32 Å². The molecule has 1 N–H and O–H groups in total. The number of rotatable bonds is 5. The Labute approximate surface area is 158 Å². The van der Waals surface area contributed by atoms with Gasteiger partial charge in [0.2, 0.25) is 5.91 Å². The van der Waals surface area contributed by atoms with Crippen LogP contribution < -0.4 is 5.32 Å². The number of hydrogen-bond donors (Lipinski definition) is 1. The molecule has 0 fully saturated rings. The van der Waals surface area contributed by atoms with Gasteiger partial charge in [0.15, 0.2) is 5.58 Å². The Morgan fingerprint density at radius 1 is 1.19 bits per heavy atom. The maximum absolute atomic E-state index is 13.0. The molecule has 27 heavy (non-hydrogen) atoms. The number of fused-ring (bicyclic) bond motifs is 1. The van der Waals surface area contributed by atoms with Crippen LogP contribution in [0.15, 0.2) is 52.9 Å². The van der Waals surface area contributed by atoms with Gasteiger partial charge < -0.3 is 9.73 Å². The lowest BCUT2D eigenvalue weighted by molar-refractivity contribution is -0.137. The molecular formula is C18H16F3N3O2S. The van der Waals surface area contributed by atoms with Crippen molar-refractivity contribution in [2.24, 2.45) is 0 Å². The molecule has 1 heterocycles. The van der Waals surface area contributed by atoms with E-state index in [1.165, 1.54) is 18.2 Å². The van der Waals surface area contributed by atoms with Crippen molar-refractivity contribution >= 4 is 34.9 Å². The average molecular weight is 395 g/mol. The molecule has 2 aromatic carbocycles. The van der Waals surface area contributed by atoms with Crippen molar-refractivity contribution < 1.29 is 22.4 Å². The smallest absolute Gasteiger partial charge is 0.418 e. The van der Waals surface area contributed by atoms with Gasteiger partial charge in [-0.1, -0.05) is 24.3 Å². The predicted octanol–water partition coefficient (Wildman–Crippen LogP) is 4.51. The number of oxazole rings is 1. The maximum Gasteiger partial charge on any atom is 0.418 e. The second kappa shape index (κ2) is 7.53. The zero-order valence-corrected chi connectivity index (χ0v) is 15.1. The molecule has 0 saturated carbocycles. The Hall–Kier alpha value is -2.65. The van der Waals surface area contributed by atoms with E-state index < -0.39 is 17.6 Å². The van der Waals surface area contributed by atoms with Crippen LogP contribution in [0, 0.1) is 4.84 Å². The van der Waals surface area contributed by atoms with E-state index in [9.17, 15) is 18.0 Å². The molecule has 0 bridgehead atoms. The molecule has 0 aliphatic rings. The van der Waals surface area contributed by atoms with E-state index in [1.54, 1.807) is 22.6 Å². The molecule has 0 saturated heterocycles. The highest BCUT2D eigenvalue weighted by molar-refractivity contribution is 7.71. The van der Waals surface area contributed by atoms with Crippen LogP contribution in [0.25, 0.3) is 11.1 Å². The fourth-order valence-electron chi connectivity index (χ4n) is 2.71. The number of likely N-dealkylation sites (N-methyl/N-ethyl adjacent to an activating group) is 1. The molecule has 0 unspecified atom stereocenters. The fraction of sp³-hybridized carbons (Fsp3) is 0.222. The normalized spacial score (nSPS) is 11.9. The topological polar surface area (TPSA) is 50.4 Å². The van der Waals surface area contributed by atoms with Crippen LogP contribution >= 0.6 is 12.2 Å². The van der Waals surface area contributed by atoms with Crippen LogP contribution in [0.5, 0.6) is 0 Å². The van der Waals surface area contributed by atoms with Crippen LogP contribution in [0.1, 0.15) is 5.56 Å². The summed E-state index contributed by atoms with van der Waals surface area (Å²) in [6, 6.07) is 12.1. The largest absolute Gasteiger partial charge is 0.429 e. The van der Waals surface area contributed by atoms with Crippen LogP contribution in [0.2, 0.25) is 0 Å². The van der Waals surface area contributed by atoms with Crippen molar-refractivity contribution in [1.82, 2.24) is 9.47 Å². The summed E-state index contributed by atoms with van der Waals surface area (Å²) in [7, 11) is 1.67. The number of nitrogens with zero attached hydrogens (tertiary/aromatic N) is 2. The maximum atomic E-state index is 13.0. The second-order valence-electron chi connectivity index (χ2n) is 6.01. The minimum Gasteiger partial charge on any atom is -0.429 e. The van der Waals surface area contributed by atoms with E-state index >= 15 is 0 Å². The number of para-hydroxylation sites is 3. The average Bonchev–Trinajstić information content (AvgIpc) is 2.90. The zero-order valence-electron chi connectivity index (χ0n) is 14.3. The monoisotopic (exact) mass is 395 g/mol. The standard InChI is InChI=1S/C18H16F3N3O2S/c1-23(11-24-14-8-4-5-9-15(14)26-17(24)27)10-16(25)22-13-7-3-2-6-12(13)18(19,20)21/h2-9H,10-11H2,1H3,(H,22,25). The van der Waals surface area contributed by atoms with Crippen molar-refractivity contribution in [1.29, 1.82) is 0 Å². The first-order valence-corrected chi connectivity index (χ1v) is 8.39. The number of amides is 1. The molecule has 0 atom stereocenters. The van der Waals surface area contributed by atoms with Gasteiger partial charge in [-0.15, -0.1) is 0 Å². The van der Waals surface area contributed by atoms with Gasteiger partial charge in [-0.3, -0.25) is 14.3 Å². The van der Waals surface area contributed by atoms with Gasteiger partial charge in [0.05, 0.1) is 30.0 Å². The van der Waals surface area contributed by atoms with E-state index in [-0.39, 0.29) is 23.7 Å². The molecule has 1 aromatic heterocycles. The van der Waals surface area contributed by atoms with Crippen LogP contribution in [-0.4, -0.2) is 29.0 Å². The highest BCUT2D eigenvalue weighted by Gasteiger charge is 2.33. The highest BCUT2D eigenvalue weighted by atomic mass is 32.1. The molecule has 0 aliphatic carbocycles. The molecule has 5 nitrogen and oxygen atoms in total. The number of halogens is 3. The number of carbonyl (C=O) groups excluding carboxylic acids is 1. The lowest BCUT2D eigenvalue weighted by atomic mass is 10.1. The number of aromatic nitrogens is 1. The van der Waals surface area contributed by atoms with Gasteiger partial charge in [0, 0.05) is 0 Å². The second-order valence-corrected chi connectivity index (χ2v) is 6.36. The third-order valence-electron chi connectivity index (χ3n) is 3.88. The number of alkyl halides is 3. The number of nitrogens with one attached hydrogen (secondary N) is 1. The van der Waals surface area contributed by atoms with E-state index in [1.807, 2.05) is 18.2 Å². The van der Waals surface area contributed by atoms with Crippen molar-refractivity contribution in [3.8, 4) is 0 Å². The molecular weight excluding hydrogens is 379 g/mol. The van der Waals surface area contributed by atoms with Crippen LogP contribution in [0.3, 0.4) is 0 Å². The molecule has 0 spiro atoms. The molecule has 1 amide bonds. The highest BCUT2D eigenvalue weighted by Crippen LogP contribution is 2.34. The number of anilines is 1. The van der Waals surface area contributed by atoms with Crippen molar-refractivity contribution in [2.75, 3.05) is 18.9 Å². The lowest BCUT2D eigenvalue weighted by Crippen LogP contribution is -2.32. The Balaban J connectivity index is 1.70. The lowest BCUT2D eigenvalue weighted by Gasteiger charge is -2.18. The Morgan fingerprint density at radius 2 is 1.85 bits per heavy atom. The first kappa shape index (κ1) is 19.1. The first-order chi connectivity index (χ1) is 12.8. The third-order valence-corrected chi connectivity index (χ3v) is 4.18. The van der Waals surface area contributed by atoms with E-state index in [0.29, 0.717) is 5.58 Å². The van der Waals surface area contributed by atoms with Crippen molar-refractivity contribution in [3.63, 3.8) is 0 Å². The number of benzene rings is 2. The van der Waals surface area contributed by atoms with Crippen LogP contribution in [-0.2, 0) is 17.6 Å². The Bertz CT molecular complexity index is 1030. The fourth-order valence-corrected chi connectivity index (χ4v) is 2.96. The molecule has 9 heteroatoms. The number of hydrogen-bond acceptors (Lipinski definition) is 4. The summed E-state index contributed by atoms with van der Waals surface area (Å²) in [5.41, 5.74) is 0.245. The minimum atomic E-state index is -4.54. The Kier molecular flexibility index (Phi) is 5.33. The summed E-state index contributed by atoms with van der Waals surface area (Å²) in [6.45, 7) is 0.137. The predicted molar refractivity (Wildman–Crippen MR) is 97.7 cm³/mol. The zero-order chi connectivity index (χ0) is 19.6. The van der Waals surface area contributed by atoms with Crippen LogP contribution in [0.4, 0.5) is 18.9 Å². The molecule has 0 aliphatic heterocycles. The van der Waals surface area contributed by atoms with Gasteiger partial charge >= 0.3 is 6.18 Å². The van der Waals surface area contributed by atoms with Gasteiger partial charge in [0.25, 0.3) is 4.84 Å². The summed E-state index contributed by atoms with van der Waals surface area (Å²) >= 11 is 5.19. The first-order valence-electron chi connectivity index (χ1n) is 7.98. The summed E-state index contributed by atoms with van der Waals surface area (Å²) in [4.78, 5) is 14.1. The summed E-state index contributed by atoms with van der Waals surface area (Å²) in [6.07, 6.45) is -4.54. The van der Waals surface area contributed by atoms with E-state index in [0.717, 1.165) is 11.6 Å². The molecule has 0 radical (unpaired) electrons. The molecule has 3 aromatic rings. The SMILES string of the molecule is CN(CC(=O)Nc1ccccc1C(F)(F)F)Cn1c(=S)oc2ccccc21. The summed E-state index contributed by atoms with van der Waals surface area (Å²) in [5, 5.41) is 2.32. The van der Waals surface area contributed by atoms with Gasteiger partial charge in [-0.05, 0) is 43.5 Å². The third kappa shape index (κ3) is 4.37. The quantitative estimate of drug-likeness (QED) is 0.646. The summed E-state index contributed by atoms with van der Waals surface area (Å²) in [5.74, 6) is -0.562. The van der Waals surface area contributed by atoms with Crippen molar-refractivity contribution in [2.45, 2.75) is 12.8 Å². The van der Waals surface area contributed by atoms with Crippen molar-refractivity contribution in [3.05, 3.63) is 58.9 Å². The Morgan fingerprint density at radius 3 is 2.59 bits per heavy atom. The molecule has 3 rings (SSSR count). The van der Waals surface area contributed by atoms with Gasteiger partial charge in [-0.25, -0.2) is 0 Å². The molecule has 142 valence electrons.